The summed E-state index contributed by atoms with van der Waals surface area (Å²) in [5, 5.41) is 3.29. The maximum Gasteiger partial charge on any atom is 0.0454 e. The highest BCUT2D eigenvalue weighted by Gasteiger charge is 2.15. The van der Waals surface area contributed by atoms with Gasteiger partial charge in [0.05, 0.1) is 0 Å². The summed E-state index contributed by atoms with van der Waals surface area (Å²) in [4.78, 5) is 1.23. The van der Waals surface area contributed by atoms with Crippen LogP contribution in [0.25, 0.3) is 0 Å². The molecule has 0 aromatic heterocycles. The van der Waals surface area contributed by atoms with Crippen molar-refractivity contribution >= 4 is 17.4 Å². The Morgan fingerprint density at radius 3 is 2.87 bits per heavy atom. The lowest BCUT2D eigenvalue weighted by Gasteiger charge is -2.26. The first-order valence-corrected chi connectivity index (χ1v) is 6.44. The molecule has 1 aromatic rings. The predicted octanol–water partition coefficient (Wildman–Crippen LogP) is 2.28. The molecule has 2 nitrogen and oxygen atoms in total. The molecule has 0 radical (unpaired) electrons. The van der Waals surface area contributed by atoms with Crippen LogP contribution in [0.2, 0.25) is 0 Å². The summed E-state index contributed by atoms with van der Waals surface area (Å²) in [5.74, 6) is 2.07. The van der Waals surface area contributed by atoms with Gasteiger partial charge in [-0.25, -0.2) is 0 Å². The van der Waals surface area contributed by atoms with Crippen molar-refractivity contribution in [2.24, 2.45) is 5.92 Å². The fourth-order valence-electron chi connectivity index (χ4n) is 1.69. The number of nitrogens with one attached hydrogen (secondary N) is 1. The molecule has 2 rings (SSSR count). The fraction of sp³-hybridized carbons (Fsp3) is 0.500. The Bertz CT molecular complexity index is 334. The van der Waals surface area contributed by atoms with Crippen LogP contribution in [0, 0.1) is 12.8 Å². The number of nitrogen functional groups attached to an aromatic ring is 1. The van der Waals surface area contributed by atoms with E-state index >= 15 is 0 Å². The lowest BCUT2D eigenvalue weighted by Crippen LogP contribution is -2.42. The first kappa shape index (κ1) is 10.8. The minimum atomic E-state index is 0.893. The summed E-state index contributed by atoms with van der Waals surface area (Å²) in [5.41, 5.74) is 8.11. The quantitative estimate of drug-likeness (QED) is 0.606. The lowest BCUT2D eigenvalue weighted by molar-refractivity contribution is 0.341. The molecule has 3 heteroatoms. The fourth-order valence-corrected chi connectivity index (χ4v) is 2.75. The Morgan fingerprint density at radius 2 is 2.27 bits per heavy atom. The highest BCUT2D eigenvalue weighted by molar-refractivity contribution is 7.99. The number of hydrogen-bond acceptors (Lipinski definition) is 3. The third-order valence-corrected chi connectivity index (χ3v) is 3.94. The maximum atomic E-state index is 5.95. The van der Waals surface area contributed by atoms with Gasteiger partial charge >= 0.3 is 0 Å². The number of hydrogen-bond donors (Lipinski definition) is 2. The average molecular weight is 222 g/mol. The second-order valence-electron chi connectivity index (χ2n) is 4.20. The van der Waals surface area contributed by atoms with Crippen molar-refractivity contribution in [1.29, 1.82) is 0 Å². The van der Waals surface area contributed by atoms with E-state index in [0.717, 1.165) is 11.6 Å². The summed E-state index contributed by atoms with van der Waals surface area (Å²) in [7, 11) is 0. The molecule has 1 saturated heterocycles. The van der Waals surface area contributed by atoms with Gasteiger partial charge in [-0.05, 0) is 55.8 Å². The van der Waals surface area contributed by atoms with Gasteiger partial charge in [-0.3, -0.25) is 0 Å². The van der Waals surface area contributed by atoms with Gasteiger partial charge in [0.25, 0.3) is 0 Å². The average Bonchev–Trinajstić information content (AvgIpc) is 2.12. The van der Waals surface area contributed by atoms with Crippen molar-refractivity contribution in [3.05, 3.63) is 23.8 Å². The maximum absolute atomic E-state index is 5.95. The van der Waals surface area contributed by atoms with Crippen LogP contribution in [0.3, 0.4) is 0 Å². The molecule has 1 aromatic carbocycles. The summed E-state index contributed by atoms with van der Waals surface area (Å²) >= 11 is 1.88. The van der Waals surface area contributed by atoms with Crippen molar-refractivity contribution in [1.82, 2.24) is 5.32 Å². The van der Waals surface area contributed by atoms with E-state index in [4.69, 9.17) is 5.73 Å². The topological polar surface area (TPSA) is 38.0 Å². The van der Waals surface area contributed by atoms with Crippen molar-refractivity contribution in [3.63, 3.8) is 0 Å². The Kier molecular flexibility index (Phi) is 3.54. The molecule has 0 atom stereocenters. The Hall–Kier alpha value is -0.670. The van der Waals surface area contributed by atoms with Gasteiger partial charge in [0.15, 0.2) is 0 Å². The Labute approximate surface area is 95.6 Å². The molecule has 1 fully saturated rings. The van der Waals surface area contributed by atoms with Crippen LogP contribution in [0.4, 0.5) is 5.69 Å². The number of thioether (sulfide) groups is 1. The van der Waals surface area contributed by atoms with Gasteiger partial charge < -0.3 is 11.1 Å². The molecule has 1 aliphatic rings. The normalized spacial score (nSPS) is 16.3. The number of aryl methyl sites for hydroxylation is 1. The summed E-state index contributed by atoms with van der Waals surface area (Å²) in [6.07, 6.45) is 1.30. The molecule has 0 aliphatic carbocycles. The van der Waals surface area contributed by atoms with E-state index < -0.39 is 0 Å². The van der Waals surface area contributed by atoms with E-state index in [1.165, 1.54) is 35.7 Å². The minimum absolute atomic E-state index is 0.893. The van der Waals surface area contributed by atoms with Gasteiger partial charge in [0.1, 0.15) is 0 Å². The van der Waals surface area contributed by atoms with E-state index in [-0.39, 0.29) is 0 Å². The molecule has 0 saturated carbocycles. The van der Waals surface area contributed by atoms with Gasteiger partial charge in [0.2, 0.25) is 0 Å². The molecule has 1 aliphatic heterocycles. The molecule has 1 heterocycles. The lowest BCUT2D eigenvalue weighted by atomic mass is 10.0. The largest absolute Gasteiger partial charge is 0.398 e. The zero-order valence-corrected chi connectivity index (χ0v) is 9.94. The first-order chi connectivity index (χ1) is 7.25. The van der Waals surface area contributed by atoms with Crippen molar-refractivity contribution in [2.45, 2.75) is 18.2 Å². The van der Waals surface area contributed by atoms with Crippen LogP contribution in [0.5, 0.6) is 0 Å². The number of anilines is 1. The summed E-state index contributed by atoms with van der Waals surface area (Å²) in [6, 6.07) is 6.31. The molecule has 0 spiro atoms. The van der Waals surface area contributed by atoms with Crippen molar-refractivity contribution < 1.29 is 0 Å². The van der Waals surface area contributed by atoms with Gasteiger partial charge in [0, 0.05) is 10.6 Å². The van der Waals surface area contributed by atoms with Gasteiger partial charge in [-0.15, -0.1) is 11.8 Å². The molecule has 0 bridgehead atoms. The SMILES string of the molecule is Cc1ccc(SCCC2CNC2)c(N)c1. The third kappa shape index (κ3) is 2.89. The molecule has 0 unspecified atom stereocenters. The van der Waals surface area contributed by atoms with Crippen molar-refractivity contribution in [3.8, 4) is 0 Å². The van der Waals surface area contributed by atoms with Crippen LogP contribution in [-0.4, -0.2) is 18.8 Å². The molecule has 15 heavy (non-hydrogen) atoms. The first-order valence-electron chi connectivity index (χ1n) is 5.45. The van der Waals surface area contributed by atoms with E-state index in [1.807, 2.05) is 17.8 Å². The number of nitrogens with two attached hydrogens (primary N) is 1. The predicted molar refractivity (Wildman–Crippen MR) is 67.3 cm³/mol. The second-order valence-corrected chi connectivity index (χ2v) is 5.34. The zero-order valence-electron chi connectivity index (χ0n) is 9.12. The highest BCUT2D eigenvalue weighted by Crippen LogP contribution is 2.27. The van der Waals surface area contributed by atoms with Gasteiger partial charge in [-0.1, -0.05) is 6.07 Å². The monoisotopic (exact) mass is 222 g/mol. The number of rotatable bonds is 4. The highest BCUT2D eigenvalue weighted by atomic mass is 32.2. The Morgan fingerprint density at radius 1 is 1.47 bits per heavy atom. The Balaban J connectivity index is 1.81. The molecule has 0 amide bonds. The van der Waals surface area contributed by atoms with E-state index in [1.54, 1.807) is 0 Å². The van der Waals surface area contributed by atoms with E-state index in [2.05, 4.69) is 24.4 Å². The van der Waals surface area contributed by atoms with Crippen LogP contribution in [0.1, 0.15) is 12.0 Å². The van der Waals surface area contributed by atoms with Crippen LogP contribution in [0.15, 0.2) is 23.1 Å². The minimum Gasteiger partial charge on any atom is -0.398 e. The van der Waals surface area contributed by atoms with Gasteiger partial charge in [-0.2, -0.15) is 0 Å². The zero-order chi connectivity index (χ0) is 10.7. The van der Waals surface area contributed by atoms with Crippen LogP contribution < -0.4 is 11.1 Å². The second kappa shape index (κ2) is 4.90. The smallest absolute Gasteiger partial charge is 0.0454 e. The summed E-state index contributed by atoms with van der Waals surface area (Å²) < 4.78 is 0. The third-order valence-electron chi connectivity index (χ3n) is 2.81. The van der Waals surface area contributed by atoms with Crippen LogP contribution in [-0.2, 0) is 0 Å². The molecular formula is C12H18N2S. The van der Waals surface area contributed by atoms with E-state index in [0.29, 0.717) is 0 Å². The number of benzene rings is 1. The molecular weight excluding hydrogens is 204 g/mol. The summed E-state index contributed by atoms with van der Waals surface area (Å²) in [6.45, 7) is 4.47. The molecule has 3 N–H and O–H groups in total. The van der Waals surface area contributed by atoms with E-state index in [9.17, 15) is 0 Å². The molecule has 82 valence electrons. The van der Waals surface area contributed by atoms with Crippen molar-refractivity contribution in [2.75, 3.05) is 24.6 Å². The van der Waals surface area contributed by atoms with Crippen LogP contribution >= 0.6 is 11.8 Å². The standard InChI is InChI=1S/C12H18N2S/c1-9-2-3-12(11(13)6-9)15-5-4-10-7-14-8-10/h2-3,6,10,14H,4-5,7-8,13H2,1H3.